The average Bonchev–Trinajstić information content (AvgIpc) is 2.90. The van der Waals surface area contributed by atoms with Gasteiger partial charge in [-0.1, -0.05) is 11.6 Å². The largest absolute Gasteiger partial charge is 0.481 e. The number of carbonyl (C=O) groups excluding carboxylic acids is 3. The molecule has 0 saturated heterocycles. The number of carbonyl (C=O) groups is 3. The molecule has 0 saturated carbocycles. The molecule has 3 rings (SSSR count). The maximum absolute atomic E-state index is 13.3. The Kier molecular flexibility index (Phi) is 11.1. The molecule has 0 radical (unpaired) electrons. The third-order valence-electron chi connectivity index (χ3n) is 5.88. The summed E-state index contributed by atoms with van der Waals surface area (Å²) in [5, 5.41) is 17.0. The smallest absolute Gasteiger partial charge is 0.413 e. The lowest BCUT2D eigenvalue weighted by Gasteiger charge is -2.21. The fraction of sp³-hybridized carbons (Fsp3) is 0.333. The number of aryl methyl sites for hydroxylation is 1. The minimum absolute atomic E-state index is 0.144. The van der Waals surface area contributed by atoms with Crippen LogP contribution in [-0.2, 0) is 20.8 Å². The lowest BCUT2D eigenvalue weighted by Crippen LogP contribution is -2.36. The van der Waals surface area contributed by atoms with Gasteiger partial charge < -0.3 is 30.6 Å². The van der Waals surface area contributed by atoms with Crippen molar-refractivity contribution in [1.82, 2.24) is 5.32 Å². The van der Waals surface area contributed by atoms with E-state index in [0.29, 0.717) is 39.0 Å². The second-order valence-corrected chi connectivity index (χ2v) is 12.7. The van der Waals surface area contributed by atoms with Gasteiger partial charge >= 0.3 is 12.1 Å². The summed E-state index contributed by atoms with van der Waals surface area (Å²) < 4.78 is 16.4. The summed E-state index contributed by atoms with van der Waals surface area (Å²) in [6.07, 6.45) is -0.735. The monoisotopic (exact) mass is 637 g/mol. The molecule has 0 aliphatic heterocycles. The molecule has 0 aliphatic carbocycles. The van der Waals surface area contributed by atoms with E-state index in [1.165, 1.54) is 0 Å². The molecule has 0 fully saturated rings. The Morgan fingerprint density at radius 2 is 1.56 bits per heavy atom. The molecule has 12 heteroatoms. The minimum atomic E-state index is -0.735. The van der Waals surface area contributed by atoms with Crippen molar-refractivity contribution in [1.29, 1.82) is 5.41 Å². The predicted molar refractivity (Wildman–Crippen MR) is 176 cm³/mol. The SMILES string of the molecule is Cc1cc(N)cc(CNc2ccc(Cl)cc2C(=O)Nc2ccc(C(=N)NC(=O)OC(C)(C)C)cc2)c1OCC(=O)OC(C)(C)C. The van der Waals surface area contributed by atoms with E-state index in [2.05, 4.69) is 16.0 Å². The van der Waals surface area contributed by atoms with E-state index in [4.69, 9.17) is 37.0 Å². The van der Waals surface area contributed by atoms with Crippen LogP contribution in [0, 0.1) is 12.3 Å². The first kappa shape index (κ1) is 34.7. The molecule has 3 aromatic rings. The van der Waals surface area contributed by atoms with Gasteiger partial charge in [0.05, 0.1) is 5.56 Å². The zero-order chi connectivity index (χ0) is 33.5. The van der Waals surface area contributed by atoms with Gasteiger partial charge in [0.2, 0.25) is 0 Å². The molecule has 11 nitrogen and oxygen atoms in total. The van der Waals surface area contributed by atoms with Crippen molar-refractivity contribution in [2.75, 3.05) is 23.0 Å². The van der Waals surface area contributed by atoms with E-state index >= 15 is 0 Å². The van der Waals surface area contributed by atoms with Crippen LogP contribution in [0.2, 0.25) is 5.02 Å². The van der Waals surface area contributed by atoms with Gasteiger partial charge in [0.15, 0.2) is 6.61 Å². The standard InChI is InChI=1S/C33H40ClN5O6/c1-19-14-23(35)15-21(28(19)43-18-27(40)44-32(2,3)4)17-37-26-13-10-22(34)16-25(26)30(41)38-24-11-8-20(9-12-24)29(36)39-31(42)45-33(5,6)7/h8-16,37H,17-18,35H2,1-7H3,(H,38,41)(H2,36,39,42). The van der Waals surface area contributed by atoms with Crippen LogP contribution in [0.1, 0.15) is 68.6 Å². The number of halogens is 1. The highest BCUT2D eigenvalue weighted by Crippen LogP contribution is 2.29. The number of nitrogens with two attached hydrogens (primary N) is 1. The molecule has 2 amide bonds. The number of ether oxygens (including phenoxy) is 3. The normalized spacial score (nSPS) is 11.3. The Morgan fingerprint density at radius 1 is 0.911 bits per heavy atom. The molecule has 240 valence electrons. The van der Waals surface area contributed by atoms with Crippen molar-refractivity contribution < 1.29 is 28.6 Å². The van der Waals surface area contributed by atoms with Crippen LogP contribution in [0.3, 0.4) is 0 Å². The minimum Gasteiger partial charge on any atom is -0.481 e. The number of esters is 1. The summed E-state index contributed by atoms with van der Waals surface area (Å²) in [4.78, 5) is 37.6. The number of nitrogens with one attached hydrogen (secondary N) is 4. The van der Waals surface area contributed by atoms with E-state index in [0.717, 1.165) is 5.56 Å². The number of amides is 2. The molecule has 0 bridgehead atoms. The van der Waals surface area contributed by atoms with Crippen molar-refractivity contribution in [3.8, 4) is 5.75 Å². The first-order chi connectivity index (χ1) is 20.9. The molecular weight excluding hydrogens is 598 g/mol. The van der Waals surface area contributed by atoms with Gasteiger partial charge in [0.25, 0.3) is 5.91 Å². The quantitative estimate of drug-likeness (QED) is 0.0751. The van der Waals surface area contributed by atoms with Gasteiger partial charge in [0, 0.05) is 39.8 Å². The van der Waals surface area contributed by atoms with Crippen molar-refractivity contribution in [2.45, 2.75) is 66.2 Å². The summed E-state index contributed by atoms with van der Waals surface area (Å²) in [7, 11) is 0. The van der Waals surface area contributed by atoms with Crippen molar-refractivity contribution in [3.05, 3.63) is 81.9 Å². The summed E-state index contributed by atoms with van der Waals surface area (Å²) >= 11 is 6.25. The van der Waals surface area contributed by atoms with Gasteiger partial charge in [-0.2, -0.15) is 0 Å². The molecule has 45 heavy (non-hydrogen) atoms. The number of benzene rings is 3. The molecule has 0 heterocycles. The van der Waals surface area contributed by atoms with E-state index in [1.54, 1.807) is 96.1 Å². The highest BCUT2D eigenvalue weighted by molar-refractivity contribution is 6.31. The van der Waals surface area contributed by atoms with Crippen molar-refractivity contribution >= 4 is 52.5 Å². The van der Waals surface area contributed by atoms with Gasteiger partial charge in [-0.25, -0.2) is 9.59 Å². The summed E-state index contributed by atoms with van der Waals surface area (Å²) in [5.41, 5.74) is 8.35. The third kappa shape index (κ3) is 11.0. The highest BCUT2D eigenvalue weighted by atomic mass is 35.5. The number of amidine groups is 1. The van der Waals surface area contributed by atoms with Gasteiger partial charge in [0.1, 0.15) is 22.8 Å². The van der Waals surface area contributed by atoms with E-state index in [1.807, 2.05) is 6.92 Å². The molecule has 0 spiro atoms. The fourth-order valence-corrected chi connectivity index (χ4v) is 4.33. The number of alkyl carbamates (subject to hydrolysis) is 1. The lowest BCUT2D eigenvalue weighted by molar-refractivity contribution is -0.157. The predicted octanol–water partition coefficient (Wildman–Crippen LogP) is 6.67. The maximum Gasteiger partial charge on any atom is 0.413 e. The Hall–Kier alpha value is -4.77. The Bertz CT molecular complexity index is 1580. The number of rotatable bonds is 9. The van der Waals surface area contributed by atoms with E-state index < -0.39 is 29.2 Å². The second kappa shape index (κ2) is 14.3. The number of hydrogen-bond acceptors (Lipinski definition) is 9. The van der Waals surface area contributed by atoms with Crippen LogP contribution >= 0.6 is 11.6 Å². The Balaban J connectivity index is 1.72. The summed E-state index contributed by atoms with van der Waals surface area (Å²) in [5.74, 6) is -0.595. The van der Waals surface area contributed by atoms with Crippen LogP contribution in [-0.4, -0.2) is 41.6 Å². The van der Waals surface area contributed by atoms with Gasteiger partial charge in [-0.15, -0.1) is 0 Å². The molecular formula is C33H40ClN5O6. The fourth-order valence-electron chi connectivity index (χ4n) is 4.16. The molecule has 0 aliphatic rings. The summed E-state index contributed by atoms with van der Waals surface area (Å²) in [6, 6.07) is 14.8. The van der Waals surface area contributed by atoms with Crippen LogP contribution in [0.4, 0.5) is 21.9 Å². The van der Waals surface area contributed by atoms with Crippen molar-refractivity contribution in [3.63, 3.8) is 0 Å². The lowest BCUT2D eigenvalue weighted by atomic mass is 10.1. The number of nitrogen functional groups attached to an aromatic ring is 1. The second-order valence-electron chi connectivity index (χ2n) is 12.3. The van der Waals surface area contributed by atoms with Crippen LogP contribution < -0.4 is 26.4 Å². The first-order valence-corrected chi connectivity index (χ1v) is 14.6. The number of anilines is 3. The molecule has 0 unspecified atom stereocenters. The first-order valence-electron chi connectivity index (χ1n) is 14.2. The zero-order valence-corrected chi connectivity index (χ0v) is 27.3. The molecule has 6 N–H and O–H groups in total. The van der Waals surface area contributed by atoms with Crippen LogP contribution in [0.5, 0.6) is 5.75 Å². The van der Waals surface area contributed by atoms with Crippen LogP contribution in [0.15, 0.2) is 54.6 Å². The molecule has 0 aromatic heterocycles. The maximum atomic E-state index is 13.3. The van der Waals surface area contributed by atoms with E-state index in [-0.39, 0.29) is 24.6 Å². The third-order valence-corrected chi connectivity index (χ3v) is 6.12. The van der Waals surface area contributed by atoms with Gasteiger partial charge in [-0.3, -0.25) is 15.5 Å². The number of hydrogen-bond donors (Lipinski definition) is 5. The van der Waals surface area contributed by atoms with E-state index in [9.17, 15) is 14.4 Å². The topological polar surface area (TPSA) is 165 Å². The molecule has 0 atom stereocenters. The Labute approximate surface area is 268 Å². The summed E-state index contributed by atoms with van der Waals surface area (Å²) in [6.45, 7) is 12.3. The highest BCUT2D eigenvalue weighted by Gasteiger charge is 2.20. The van der Waals surface area contributed by atoms with Crippen LogP contribution in [0.25, 0.3) is 0 Å². The van der Waals surface area contributed by atoms with Crippen molar-refractivity contribution in [2.24, 2.45) is 0 Å². The molecule has 3 aromatic carbocycles. The Morgan fingerprint density at radius 3 is 2.18 bits per heavy atom. The zero-order valence-electron chi connectivity index (χ0n) is 26.5. The van der Waals surface area contributed by atoms with Gasteiger partial charge in [-0.05, 0) is 109 Å². The average molecular weight is 638 g/mol.